The summed E-state index contributed by atoms with van der Waals surface area (Å²) in [5, 5.41) is 0. The minimum atomic E-state index is -1.76. The van der Waals surface area contributed by atoms with Crippen LogP contribution in [0.1, 0.15) is 5.56 Å². The molecule has 0 aromatic heterocycles. The van der Waals surface area contributed by atoms with Crippen LogP contribution in [-0.2, 0) is 4.57 Å². The average molecular weight is 204 g/mol. The van der Waals surface area contributed by atoms with Crippen LogP contribution in [-0.4, -0.2) is 5.62 Å². The van der Waals surface area contributed by atoms with Crippen LogP contribution in [0.5, 0.6) is 5.75 Å². The monoisotopic (exact) mass is 203 g/mol. The molecule has 0 aliphatic heterocycles. The van der Waals surface area contributed by atoms with Crippen LogP contribution < -0.4 is 4.52 Å². The number of aryl methyl sites for hydroxylation is 1. The third kappa shape index (κ3) is 2.47. The van der Waals surface area contributed by atoms with Crippen molar-refractivity contribution in [3.8, 4) is 5.75 Å². The number of hydrogen-bond acceptors (Lipinski definition) is 2. The molecule has 4 heteroatoms. The van der Waals surface area contributed by atoms with Gasteiger partial charge < -0.3 is 0 Å². The number of hydrogen-bond donors (Lipinski definition) is 0. The molecule has 1 aromatic rings. The minimum absolute atomic E-state index is 0.0314. The lowest BCUT2D eigenvalue weighted by Gasteiger charge is -1.95. The van der Waals surface area contributed by atoms with E-state index >= 15 is 0 Å². The van der Waals surface area contributed by atoms with Gasteiger partial charge in [0.1, 0.15) is 0 Å². The maximum absolute atomic E-state index is 10.9. The molecule has 0 heterocycles. The van der Waals surface area contributed by atoms with Crippen molar-refractivity contribution in [3.63, 3.8) is 0 Å². The molecule has 0 amide bonds. The van der Waals surface area contributed by atoms with Crippen molar-refractivity contribution in [2.75, 3.05) is 5.62 Å². The van der Waals surface area contributed by atoms with E-state index in [0.29, 0.717) is 5.75 Å². The van der Waals surface area contributed by atoms with Gasteiger partial charge in [-0.15, -0.1) is 0 Å². The van der Waals surface area contributed by atoms with Crippen LogP contribution in [0.4, 0.5) is 0 Å². The Hall–Kier alpha value is -0.590. The maximum atomic E-state index is 10.9. The van der Waals surface area contributed by atoms with Crippen LogP contribution in [0.15, 0.2) is 24.3 Å². The van der Waals surface area contributed by atoms with Gasteiger partial charge in [0.25, 0.3) is 5.62 Å². The van der Waals surface area contributed by atoms with Gasteiger partial charge in [-0.05, 0) is 23.1 Å². The summed E-state index contributed by atoms with van der Waals surface area (Å²) in [6.07, 6.45) is 0. The van der Waals surface area contributed by atoms with Crippen LogP contribution in [0.25, 0.3) is 0 Å². The van der Waals surface area contributed by atoms with Gasteiger partial charge in [0.2, 0.25) is 0 Å². The summed E-state index contributed by atoms with van der Waals surface area (Å²) in [7, 11) is -1.76. The summed E-state index contributed by atoms with van der Waals surface area (Å²) in [6, 6.07) is 7.40. The topological polar surface area (TPSA) is 26.3 Å². The van der Waals surface area contributed by atoms with Crippen molar-refractivity contribution >= 4 is 19.6 Å². The molecule has 12 heavy (non-hydrogen) atoms. The van der Waals surface area contributed by atoms with Crippen LogP contribution in [0, 0.1) is 6.92 Å². The molecule has 0 aliphatic rings. The standard InChI is InChI=1S/C8H9ClO2P/c1-7-4-2-3-5-8(7)11-12(10)6-9/h2-5H,6H2,1H3/q+1. The number of rotatable bonds is 3. The minimum Gasteiger partial charge on any atom is -0.253 e. The summed E-state index contributed by atoms with van der Waals surface area (Å²) in [5.41, 5.74) is 0.995. The highest BCUT2D eigenvalue weighted by atomic mass is 35.5. The first-order chi connectivity index (χ1) is 5.74. The van der Waals surface area contributed by atoms with Gasteiger partial charge in [0.15, 0.2) is 5.75 Å². The quantitative estimate of drug-likeness (QED) is 0.557. The van der Waals surface area contributed by atoms with E-state index in [1.165, 1.54) is 0 Å². The zero-order chi connectivity index (χ0) is 8.97. The van der Waals surface area contributed by atoms with Gasteiger partial charge in [0.05, 0.1) is 0 Å². The molecule has 64 valence electrons. The molecule has 1 unspecified atom stereocenters. The summed E-state index contributed by atoms with van der Waals surface area (Å²) in [5.74, 6) is 0.638. The zero-order valence-electron chi connectivity index (χ0n) is 6.66. The van der Waals surface area contributed by atoms with Crippen molar-refractivity contribution in [1.29, 1.82) is 0 Å². The molecule has 1 atom stereocenters. The second-order valence-electron chi connectivity index (χ2n) is 2.31. The molecule has 0 spiro atoms. The van der Waals surface area contributed by atoms with Crippen LogP contribution in [0.3, 0.4) is 0 Å². The average Bonchev–Trinajstić information content (AvgIpc) is 2.09. The predicted octanol–water partition coefficient (Wildman–Crippen LogP) is 3.31. The molecule has 2 nitrogen and oxygen atoms in total. The highest BCUT2D eigenvalue weighted by Crippen LogP contribution is 2.29. The Labute approximate surface area is 77.4 Å². The molecule has 0 saturated carbocycles. The normalized spacial score (nSPS) is 11.0. The highest BCUT2D eigenvalue weighted by molar-refractivity contribution is 7.41. The SMILES string of the molecule is Cc1ccccc1O[P+](=O)CCl. The van der Waals surface area contributed by atoms with Crippen molar-refractivity contribution in [2.45, 2.75) is 6.92 Å². The van der Waals surface area contributed by atoms with E-state index < -0.39 is 8.03 Å². The van der Waals surface area contributed by atoms with Crippen molar-refractivity contribution < 1.29 is 9.09 Å². The van der Waals surface area contributed by atoms with E-state index in [1.54, 1.807) is 6.07 Å². The number of alkyl halides is 1. The lowest BCUT2D eigenvalue weighted by molar-refractivity contribution is 0.507. The second-order valence-corrected chi connectivity index (χ2v) is 4.11. The van der Waals surface area contributed by atoms with Gasteiger partial charge in [0, 0.05) is 0 Å². The summed E-state index contributed by atoms with van der Waals surface area (Å²) < 4.78 is 16.0. The molecule has 0 N–H and O–H groups in total. The third-order valence-electron chi connectivity index (χ3n) is 1.39. The summed E-state index contributed by atoms with van der Waals surface area (Å²) >= 11 is 5.35. The van der Waals surface area contributed by atoms with Gasteiger partial charge in [-0.25, -0.2) is 0 Å². The van der Waals surface area contributed by atoms with Crippen molar-refractivity contribution in [3.05, 3.63) is 29.8 Å². The van der Waals surface area contributed by atoms with E-state index in [0.717, 1.165) is 5.56 Å². The molecular formula is C8H9ClO2P+. The Kier molecular flexibility index (Phi) is 3.51. The van der Waals surface area contributed by atoms with Crippen LogP contribution in [0.2, 0.25) is 0 Å². The number of para-hydroxylation sites is 1. The predicted molar refractivity (Wildman–Crippen MR) is 50.1 cm³/mol. The highest BCUT2D eigenvalue weighted by Gasteiger charge is 2.17. The molecule has 1 aromatic carbocycles. The van der Waals surface area contributed by atoms with Crippen molar-refractivity contribution in [1.82, 2.24) is 0 Å². The summed E-state index contributed by atoms with van der Waals surface area (Å²) in [4.78, 5) is 0. The third-order valence-corrected chi connectivity index (χ3v) is 2.57. The first-order valence-corrected chi connectivity index (χ1v) is 5.38. The van der Waals surface area contributed by atoms with E-state index in [9.17, 15) is 4.57 Å². The Morgan fingerprint density at radius 3 is 2.75 bits per heavy atom. The number of halogens is 1. The largest absolute Gasteiger partial charge is 0.572 e. The molecular weight excluding hydrogens is 195 g/mol. The van der Waals surface area contributed by atoms with Gasteiger partial charge >= 0.3 is 8.03 Å². The zero-order valence-corrected chi connectivity index (χ0v) is 8.31. The smallest absolute Gasteiger partial charge is 0.253 e. The van der Waals surface area contributed by atoms with Gasteiger partial charge in [-0.2, -0.15) is 0 Å². The fourth-order valence-electron chi connectivity index (χ4n) is 0.793. The number of benzene rings is 1. The van der Waals surface area contributed by atoms with E-state index in [-0.39, 0.29) is 5.62 Å². The van der Waals surface area contributed by atoms with E-state index in [1.807, 2.05) is 25.1 Å². The van der Waals surface area contributed by atoms with Gasteiger partial charge in [-0.3, -0.25) is 4.52 Å². The molecule has 0 fully saturated rings. The maximum Gasteiger partial charge on any atom is 0.572 e. The van der Waals surface area contributed by atoms with E-state index in [2.05, 4.69) is 0 Å². The fraction of sp³-hybridized carbons (Fsp3) is 0.250. The second kappa shape index (κ2) is 4.44. The lowest BCUT2D eigenvalue weighted by Crippen LogP contribution is -1.84. The molecule has 0 saturated heterocycles. The first kappa shape index (κ1) is 9.50. The van der Waals surface area contributed by atoms with E-state index in [4.69, 9.17) is 16.1 Å². The van der Waals surface area contributed by atoms with Gasteiger partial charge in [-0.1, -0.05) is 29.8 Å². The fourth-order valence-corrected chi connectivity index (χ4v) is 1.41. The lowest BCUT2D eigenvalue weighted by atomic mass is 10.2. The Bertz CT molecular complexity index is 288. The molecule has 0 aliphatic carbocycles. The Balaban J connectivity index is 2.75. The molecule has 0 bridgehead atoms. The molecule has 1 rings (SSSR count). The first-order valence-electron chi connectivity index (χ1n) is 3.48. The van der Waals surface area contributed by atoms with Crippen molar-refractivity contribution in [2.24, 2.45) is 0 Å². The Morgan fingerprint density at radius 1 is 1.50 bits per heavy atom. The molecule has 0 radical (unpaired) electrons. The Morgan fingerprint density at radius 2 is 2.17 bits per heavy atom. The van der Waals surface area contributed by atoms with Crippen LogP contribution >= 0.6 is 19.6 Å². The summed E-state index contributed by atoms with van der Waals surface area (Å²) in [6.45, 7) is 1.90.